The number of benzene rings is 2. The average molecular weight is 528 g/mol. The predicted octanol–water partition coefficient (Wildman–Crippen LogP) is 6.05. The molecule has 1 spiro atoms. The van der Waals surface area contributed by atoms with Crippen molar-refractivity contribution in [3.63, 3.8) is 0 Å². The number of aliphatic carboxylic acids is 1. The van der Waals surface area contributed by atoms with Crippen LogP contribution >= 0.6 is 11.6 Å². The lowest BCUT2D eigenvalue weighted by Gasteiger charge is -2.56. The van der Waals surface area contributed by atoms with Crippen LogP contribution in [-0.2, 0) is 11.3 Å². The molecule has 6 rings (SSSR count). The summed E-state index contributed by atoms with van der Waals surface area (Å²) < 4.78 is 29.0. The van der Waals surface area contributed by atoms with Crippen molar-refractivity contribution >= 4 is 39.9 Å². The van der Waals surface area contributed by atoms with Crippen molar-refractivity contribution in [1.82, 2.24) is 9.78 Å². The van der Waals surface area contributed by atoms with Gasteiger partial charge in [0.25, 0.3) is 5.92 Å². The van der Waals surface area contributed by atoms with Gasteiger partial charge >= 0.3 is 5.97 Å². The van der Waals surface area contributed by atoms with Crippen molar-refractivity contribution in [3.8, 4) is 0 Å². The van der Waals surface area contributed by atoms with E-state index in [-0.39, 0.29) is 36.0 Å². The zero-order chi connectivity index (χ0) is 25.9. The van der Waals surface area contributed by atoms with Crippen LogP contribution in [0.1, 0.15) is 54.4 Å². The second kappa shape index (κ2) is 8.79. The number of fused-ring (bicyclic) bond motifs is 1. The third kappa shape index (κ3) is 4.49. The number of nitrogens with zero attached hydrogens (tertiary/aromatic N) is 3. The molecule has 1 saturated heterocycles. The van der Waals surface area contributed by atoms with E-state index in [1.54, 1.807) is 27.9 Å². The number of rotatable bonds is 7. The Morgan fingerprint density at radius 2 is 1.81 bits per heavy atom. The Morgan fingerprint density at radius 1 is 1.08 bits per heavy atom. The molecule has 0 atom stereocenters. The van der Waals surface area contributed by atoms with Crippen LogP contribution in [0, 0.1) is 17.3 Å². The monoisotopic (exact) mass is 527 g/mol. The van der Waals surface area contributed by atoms with Gasteiger partial charge in [0, 0.05) is 36.0 Å². The van der Waals surface area contributed by atoms with Gasteiger partial charge in [-0.05, 0) is 66.8 Å². The number of anilines is 1. The number of hydrogen-bond donors (Lipinski definition) is 1. The summed E-state index contributed by atoms with van der Waals surface area (Å²) in [6.45, 7) is 0.494. The number of Topliss-reactive ketones (excluding diaryl/α,β-unsaturated/α-hetero) is 1. The van der Waals surface area contributed by atoms with Gasteiger partial charge in [-0.15, -0.1) is 0 Å². The number of carbonyl (C=O) groups excluding carboxylic acids is 1. The first kappa shape index (κ1) is 24.3. The SMILES string of the molecule is O=C(CC1CC2(C1)CC(C(=O)O)C2)c1ccc(Cl)c2cnn(Cc3ccc(N4CCC(F)(F)C4)cc3)c12. The molecule has 194 valence electrons. The fraction of sp³-hybridized carbons (Fsp3) is 0.464. The molecule has 0 bridgehead atoms. The zero-order valence-electron chi connectivity index (χ0n) is 20.3. The van der Waals surface area contributed by atoms with Crippen molar-refractivity contribution in [1.29, 1.82) is 0 Å². The molecule has 1 aromatic heterocycles. The minimum absolute atomic E-state index is 0.0442. The van der Waals surface area contributed by atoms with E-state index in [1.807, 2.05) is 24.3 Å². The van der Waals surface area contributed by atoms with Crippen LogP contribution < -0.4 is 4.90 Å². The number of carboxylic acid groups (broad SMARTS) is 1. The lowest BCUT2D eigenvalue weighted by Crippen LogP contribution is -2.50. The van der Waals surface area contributed by atoms with Crippen molar-refractivity contribution in [2.24, 2.45) is 17.3 Å². The van der Waals surface area contributed by atoms with Crippen LogP contribution in [0.3, 0.4) is 0 Å². The summed E-state index contributed by atoms with van der Waals surface area (Å²) >= 11 is 6.43. The van der Waals surface area contributed by atoms with Crippen molar-refractivity contribution in [3.05, 3.63) is 58.7 Å². The quantitative estimate of drug-likeness (QED) is 0.379. The van der Waals surface area contributed by atoms with Gasteiger partial charge in [-0.3, -0.25) is 14.3 Å². The number of alkyl halides is 2. The molecule has 2 heterocycles. The van der Waals surface area contributed by atoms with Crippen LogP contribution in [-0.4, -0.2) is 45.7 Å². The van der Waals surface area contributed by atoms with Gasteiger partial charge in [-0.2, -0.15) is 5.10 Å². The molecule has 1 aliphatic heterocycles. The molecule has 0 amide bonds. The van der Waals surface area contributed by atoms with Crippen LogP contribution in [0.4, 0.5) is 14.5 Å². The van der Waals surface area contributed by atoms with Crippen LogP contribution in [0.15, 0.2) is 42.6 Å². The normalized spacial score (nSPS) is 26.3. The first-order chi connectivity index (χ1) is 17.6. The first-order valence-corrected chi connectivity index (χ1v) is 13.1. The van der Waals surface area contributed by atoms with Gasteiger partial charge in [0.15, 0.2) is 5.78 Å². The number of aromatic nitrogens is 2. The molecule has 1 N–H and O–H groups in total. The molecule has 3 fully saturated rings. The van der Waals surface area contributed by atoms with E-state index in [0.29, 0.717) is 35.6 Å². The van der Waals surface area contributed by atoms with Gasteiger partial charge in [-0.1, -0.05) is 23.7 Å². The Labute approximate surface area is 218 Å². The Morgan fingerprint density at radius 3 is 2.46 bits per heavy atom. The number of carbonyl (C=O) groups is 2. The Kier molecular flexibility index (Phi) is 5.78. The fourth-order valence-electron chi connectivity index (χ4n) is 6.63. The van der Waals surface area contributed by atoms with E-state index >= 15 is 0 Å². The highest BCUT2D eigenvalue weighted by molar-refractivity contribution is 6.36. The topological polar surface area (TPSA) is 75.4 Å². The van der Waals surface area contributed by atoms with E-state index in [0.717, 1.165) is 42.3 Å². The largest absolute Gasteiger partial charge is 0.481 e. The summed E-state index contributed by atoms with van der Waals surface area (Å²) in [6, 6.07) is 11.0. The lowest BCUT2D eigenvalue weighted by molar-refractivity contribution is -0.157. The molecule has 2 aliphatic carbocycles. The predicted molar refractivity (Wildman–Crippen MR) is 137 cm³/mol. The van der Waals surface area contributed by atoms with Crippen molar-refractivity contribution < 1.29 is 23.5 Å². The van der Waals surface area contributed by atoms with Crippen LogP contribution in [0.25, 0.3) is 10.9 Å². The van der Waals surface area contributed by atoms with Crippen molar-refractivity contribution in [2.45, 2.75) is 51.0 Å². The molecule has 2 saturated carbocycles. The maximum atomic E-state index is 13.6. The number of halogens is 3. The van der Waals surface area contributed by atoms with E-state index < -0.39 is 11.9 Å². The molecule has 0 unspecified atom stereocenters. The highest BCUT2D eigenvalue weighted by atomic mass is 35.5. The van der Waals surface area contributed by atoms with E-state index in [4.69, 9.17) is 16.7 Å². The summed E-state index contributed by atoms with van der Waals surface area (Å²) in [4.78, 5) is 26.2. The van der Waals surface area contributed by atoms with Gasteiger partial charge < -0.3 is 10.0 Å². The molecule has 3 aliphatic rings. The minimum Gasteiger partial charge on any atom is -0.481 e. The molecular formula is C28H28ClF2N3O3. The highest BCUT2D eigenvalue weighted by Gasteiger charge is 2.55. The van der Waals surface area contributed by atoms with E-state index in [9.17, 15) is 18.4 Å². The molecule has 0 radical (unpaired) electrons. The second-order valence-electron chi connectivity index (χ2n) is 11.2. The molecular weight excluding hydrogens is 500 g/mol. The van der Waals surface area contributed by atoms with Crippen molar-refractivity contribution in [2.75, 3.05) is 18.0 Å². The third-order valence-corrected chi connectivity index (χ3v) is 8.81. The Bertz CT molecular complexity index is 1370. The number of carboxylic acids is 1. The van der Waals surface area contributed by atoms with E-state index in [2.05, 4.69) is 5.10 Å². The molecule has 9 heteroatoms. The van der Waals surface area contributed by atoms with Gasteiger partial charge in [0.2, 0.25) is 0 Å². The lowest BCUT2D eigenvalue weighted by atomic mass is 9.47. The highest BCUT2D eigenvalue weighted by Crippen LogP contribution is 2.62. The third-order valence-electron chi connectivity index (χ3n) is 8.48. The maximum Gasteiger partial charge on any atom is 0.306 e. The van der Waals surface area contributed by atoms with E-state index in [1.165, 1.54) is 0 Å². The second-order valence-corrected chi connectivity index (χ2v) is 11.6. The number of ketones is 1. The van der Waals surface area contributed by atoms with Crippen LogP contribution in [0.2, 0.25) is 5.02 Å². The zero-order valence-corrected chi connectivity index (χ0v) is 21.1. The van der Waals surface area contributed by atoms with Gasteiger partial charge in [0.1, 0.15) is 0 Å². The summed E-state index contributed by atoms with van der Waals surface area (Å²) in [7, 11) is 0. The fourth-order valence-corrected chi connectivity index (χ4v) is 6.83. The average Bonchev–Trinajstić information content (AvgIpc) is 3.38. The minimum atomic E-state index is -2.65. The standard InChI is InChI=1S/C28H28ClF2N3O3/c29-23-6-5-21(24(35)9-18-10-27(11-18)12-19(13-27)26(36)37)25-22(23)14-32-34(25)15-17-1-3-20(4-2-17)33-8-7-28(30,31)16-33/h1-6,14,18-19H,7-13,15-16H2,(H,36,37). The van der Waals surface area contributed by atoms with Gasteiger partial charge in [0.05, 0.1) is 35.7 Å². The molecule has 37 heavy (non-hydrogen) atoms. The molecule has 6 nitrogen and oxygen atoms in total. The summed E-state index contributed by atoms with van der Waals surface area (Å²) in [5.41, 5.74) is 3.12. The molecule has 3 aromatic rings. The number of hydrogen-bond acceptors (Lipinski definition) is 4. The first-order valence-electron chi connectivity index (χ1n) is 12.7. The molecule has 2 aromatic carbocycles. The smallest absolute Gasteiger partial charge is 0.306 e. The Hall–Kier alpha value is -3.00. The summed E-state index contributed by atoms with van der Waals surface area (Å²) in [5, 5.41) is 14.9. The maximum absolute atomic E-state index is 13.6. The van der Waals surface area contributed by atoms with Crippen LogP contribution in [0.5, 0.6) is 0 Å². The Balaban J connectivity index is 1.17. The van der Waals surface area contributed by atoms with Gasteiger partial charge in [-0.25, -0.2) is 8.78 Å². The summed E-state index contributed by atoms with van der Waals surface area (Å²) in [6.07, 6.45) is 5.25. The summed E-state index contributed by atoms with van der Waals surface area (Å²) in [5.74, 6) is -3.27.